The first kappa shape index (κ1) is 17.2. The van der Waals surface area contributed by atoms with Gasteiger partial charge >= 0.3 is 0 Å². The fraction of sp³-hybridized carbons (Fsp3) is 0.812. The Bertz CT molecular complexity index is 556. The molecule has 0 spiro atoms. The van der Waals surface area contributed by atoms with Gasteiger partial charge in [0.2, 0.25) is 11.8 Å². The standard InChI is InChI=1S/C16H27N5O3/c1-11(2)13-8-21(15(22)10-20-4-6-23-7-5-20)9-14(13)18-16-17-12(3)24-19-16/h11,13-14H,4-10H2,1-3H3,(H,18,19)/t13-,14+/m1/s1. The van der Waals surface area contributed by atoms with Crippen LogP contribution in [-0.4, -0.2) is 77.8 Å². The molecular formula is C16H27N5O3. The number of aromatic nitrogens is 2. The zero-order chi connectivity index (χ0) is 17.1. The van der Waals surface area contributed by atoms with Crippen LogP contribution >= 0.6 is 0 Å². The number of amides is 1. The highest BCUT2D eigenvalue weighted by Gasteiger charge is 2.37. The smallest absolute Gasteiger partial charge is 0.263 e. The summed E-state index contributed by atoms with van der Waals surface area (Å²) >= 11 is 0. The Balaban J connectivity index is 1.60. The van der Waals surface area contributed by atoms with Crippen molar-refractivity contribution in [3.05, 3.63) is 5.89 Å². The summed E-state index contributed by atoms with van der Waals surface area (Å²) in [6.07, 6.45) is 0. The van der Waals surface area contributed by atoms with E-state index in [-0.39, 0.29) is 11.9 Å². The van der Waals surface area contributed by atoms with Gasteiger partial charge in [-0.05, 0) is 11.1 Å². The van der Waals surface area contributed by atoms with Gasteiger partial charge in [-0.1, -0.05) is 13.8 Å². The molecule has 24 heavy (non-hydrogen) atoms. The number of rotatable bonds is 5. The molecule has 1 N–H and O–H groups in total. The van der Waals surface area contributed by atoms with Crippen LogP contribution in [0.25, 0.3) is 0 Å². The summed E-state index contributed by atoms with van der Waals surface area (Å²) in [5.41, 5.74) is 0. The average molecular weight is 337 g/mol. The molecule has 0 aromatic carbocycles. The van der Waals surface area contributed by atoms with Crippen molar-refractivity contribution in [1.82, 2.24) is 19.9 Å². The van der Waals surface area contributed by atoms with Gasteiger partial charge in [0.1, 0.15) is 0 Å². The summed E-state index contributed by atoms with van der Waals surface area (Å²) in [6, 6.07) is 0.149. The normalized spacial score (nSPS) is 25.4. The summed E-state index contributed by atoms with van der Waals surface area (Å²) in [4.78, 5) is 21.0. The Morgan fingerprint density at radius 1 is 1.33 bits per heavy atom. The van der Waals surface area contributed by atoms with E-state index in [1.165, 1.54) is 0 Å². The first-order valence-electron chi connectivity index (χ1n) is 8.67. The predicted octanol–water partition coefficient (Wildman–Crippen LogP) is 0.605. The molecule has 0 aliphatic carbocycles. The van der Waals surface area contributed by atoms with Crippen LogP contribution in [-0.2, 0) is 9.53 Å². The molecule has 0 bridgehead atoms. The van der Waals surface area contributed by atoms with Crippen LogP contribution in [0.1, 0.15) is 19.7 Å². The lowest BCUT2D eigenvalue weighted by Crippen LogP contribution is -2.44. The van der Waals surface area contributed by atoms with E-state index in [4.69, 9.17) is 9.26 Å². The van der Waals surface area contributed by atoms with Crippen molar-refractivity contribution < 1.29 is 14.1 Å². The molecule has 1 amide bonds. The molecule has 0 radical (unpaired) electrons. The Morgan fingerprint density at radius 2 is 2.08 bits per heavy atom. The number of nitrogens with zero attached hydrogens (tertiary/aromatic N) is 4. The number of carbonyl (C=O) groups is 1. The van der Waals surface area contributed by atoms with Gasteiger partial charge in [0.25, 0.3) is 5.95 Å². The van der Waals surface area contributed by atoms with Crippen molar-refractivity contribution in [3.8, 4) is 0 Å². The zero-order valence-corrected chi connectivity index (χ0v) is 14.7. The summed E-state index contributed by atoms with van der Waals surface area (Å²) in [7, 11) is 0. The third-order valence-corrected chi connectivity index (χ3v) is 4.88. The summed E-state index contributed by atoms with van der Waals surface area (Å²) in [5.74, 6) is 2.08. The Kier molecular flexibility index (Phi) is 5.35. The van der Waals surface area contributed by atoms with E-state index < -0.39 is 0 Å². The second kappa shape index (κ2) is 7.48. The molecule has 134 valence electrons. The third kappa shape index (κ3) is 4.05. The van der Waals surface area contributed by atoms with Gasteiger partial charge in [-0.15, -0.1) is 0 Å². The maximum absolute atomic E-state index is 12.6. The van der Waals surface area contributed by atoms with Crippen molar-refractivity contribution in [2.45, 2.75) is 26.8 Å². The molecule has 2 fully saturated rings. The zero-order valence-electron chi connectivity index (χ0n) is 14.7. The van der Waals surface area contributed by atoms with E-state index in [0.717, 1.165) is 19.6 Å². The largest absolute Gasteiger partial charge is 0.379 e. The second-order valence-corrected chi connectivity index (χ2v) is 6.98. The van der Waals surface area contributed by atoms with Crippen molar-refractivity contribution in [2.24, 2.45) is 11.8 Å². The van der Waals surface area contributed by atoms with Crippen LogP contribution in [0.3, 0.4) is 0 Å². The highest BCUT2D eigenvalue weighted by Crippen LogP contribution is 2.26. The van der Waals surface area contributed by atoms with E-state index in [1.54, 1.807) is 6.92 Å². The molecule has 3 rings (SSSR count). The SMILES string of the molecule is Cc1nc(N[C@H]2CN(C(=O)CN3CCOCC3)C[C@@H]2C(C)C)no1. The summed E-state index contributed by atoms with van der Waals surface area (Å²) < 4.78 is 10.4. The summed E-state index contributed by atoms with van der Waals surface area (Å²) in [5, 5.41) is 7.25. The molecule has 2 aliphatic rings. The number of hydrogen-bond donors (Lipinski definition) is 1. The minimum absolute atomic E-state index is 0.149. The topological polar surface area (TPSA) is 83.7 Å². The molecule has 0 unspecified atom stereocenters. The molecule has 2 aliphatic heterocycles. The minimum Gasteiger partial charge on any atom is -0.379 e. The fourth-order valence-corrected chi connectivity index (χ4v) is 3.44. The number of carbonyl (C=O) groups excluding carboxylic acids is 1. The molecule has 8 heteroatoms. The van der Waals surface area contributed by atoms with Crippen molar-refractivity contribution >= 4 is 11.9 Å². The van der Waals surface area contributed by atoms with Gasteiger partial charge < -0.3 is 19.5 Å². The van der Waals surface area contributed by atoms with E-state index in [0.29, 0.717) is 50.0 Å². The maximum atomic E-state index is 12.6. The van der Waals surface area contributed by atoms with E-state index in [9.17, 15) is 4.79 Å². The monoisotopic (exact) mass is 337 g/mol. The van der Waals surface area contributed by atoms with Crippen molar-refractivity contribution in [1.29, 1.82) is 0 Å². The van der Waals surface area contributed by atoms with Crippen LogP contribution in [0.4, 0.5) is 5.95 Å². The molecule has 8 nitrogen and oxygen atoms in total. The first-order chi connectivity index (χ1) is 11.5. The van der Waals surface area contributed by atoms with Crippen LogP contribution in [0.5, 0.6) is 0 Å². The van der Waals surface area contributed by atoms with Gasteiger partial charge in [-0.25, -0.2) is 0 Å². The Hall–Kier alpha value is -1.67. The van der Waals surface area contributed by atoms with Gasteiger partial charge in [0.15, 0.2) is 0 Å². The lowest BCUT2D eigenvalue weighted by Gasteiger charge is -2.28. The van der Waals surface area contributed by atoms with Gasteiger partial charge in [-0.3, -0.25) is 9.69 Å². The Labute approximate surface area is 142 Å². The fourth-order valence-electron chi connectivity index (χ4n) is 3.44. The van der Waals surface area contributed by atoms with E-state index in [1.807, 2.05) is 4.90 Å². The number of hydrogen-bond acceptors (Lipinski definition) is 7. The number of morpholine rings is 1. The number of aryl methyl sites for hydroxylation is 1. The van der Waals surface area contributed by atoms with Gasteiger partial charge in [-0.2, -0.15) is 4.98 Å². The average Bonchev–Trinajstić information content (AvgIpc) is 3.15. The van der Waals surface area contributed by atoms with E-state index >= 15 is 0 Å². The predicted molar refractivity (Wildman–Crippen MR) is 88.6 cm³/mol. The Morgan fingerprint density at radius 3 is 2.71 bits per heavy atom. The molecule has 3 heterocycles. The van der Waals surface area contributed by atoms with Crippen LogP contribution in [0.2, 0.25) is 0 Å². The van der Waals surface area contributed by atoms with Crippen molar-refractivity contribution in [3.63, 3.8) is 0 Å². The van der Waals surface area contributed by atoms with Crippen molar-refractivity contribution in [2.75, 3.05) is 51.3 Å². The number of nitrogens with one attached hydrogen (secondary N) is 1. The number of anilines is 1. The second-order valence-electron chi connectivity index (χ2n) is 6.98. The molecule has 2 atom stereocenters. The lowest BCUT2D eigenvalue weighted by molar-refractivity contribution is -0.132. The quantitative estimate of drug-likeness (QED) is 0.842. The van der Waals surface area contributed by atoms with Crippen LogP contribution in [0.15, 0.2) is 4.52 Å². The maximum Gasteiger partial charge on any atom is 0.263 e. The minimum atomic E-state index is 0.149. The first-order valence-corrected chi connectivity index (χ1v) is 8.67. The lowest BCUT2D eigenvalue weighted by atomic mass is 9.91. The number of ether oxygens (including phenoxy) is 1. The third-order valence-electron chi connectivity index (χ3n) is 4.88. The molecule has 2 saturated heterocycles. The highest BCUT2D eigenvalue weighted by molar-refractivity contribution is 5.78. The molecule has 0 saturated carbocycles. The van der Waals surface area contributed by atoms with Crippen LogP contribution in [0, 0.1) is 18.8 Å². The van der Waals surface area contributed by atoms with Gasteiger partial charge in [0, 0.05) is 39.0 Å². The van der Waals surface area contributed by atoms with Gasteiger partial charge in [0.05, 0.1) is 25.8 Å². The van der Waals surface area contributed by atoms with Crippen LogP contribution < -0.4 is 5.32 Å². The molecule has 1 aromatic rings. The summed E-state index contributed by atoms with van der Waals surface area (Å²) in [6.45, 7) is 11.2. The van der Waals surface area contributed by atoms with E-state index in [2.05, 4.69) is 34.2 Å². The number of likely N-dealkylation sites (tertiary alicyclic amines) is 1. The molecule has 1 aromatic heterocycles. The highest BCUT2D eigenvalue weighted by atomic mass is 16.5. The molecular weight excluding hydrogens is 310 g/mol.